The van der Waals surface area contributed by atoms with Crippen LogP contribution in [0.15, 0.2) is 23.1 Å². The normalized spacial score (nSPS) is 18.7. The maximum absolute atomic E-state index is 12.3. The zero-order valence-corrected chi connectivity index (χ0v) is 13.2. The molecule has 6 nitrogen and oxygen atoms in total. The predicted octanol–water partition coefficient (Wildman–Crippen LogP) is 0.982. The molecule has 0 spiro atoms. The van der Waals surface area contributed by atoms with E-state index >= 15 is 0 Å². The van der Waals surface area contributed by atoms with Gasteiger partial charge in [0.15, 0.2) is 0 Å². The molecule has 1 aromatic rings. The standard InChI is InChI=1S/C14H22N2O4S/c1-19-12-7-13(20-2)9-14(8-12)21(17,18)16-6-4-11-3-5-15-10-11/h7-9,11,15-16H,3-6,10H2,1-2H3. The lowest BCUT2D eigenvalue weighted by atomic mass is 10.1. The number of nitrogens with one attached hydrogen (secondary N) is 2. The van der Waals surface area contributed by atoms with Crippen LogP contribution in [0.3, 0.4) is 0 Å². The monoisotopic (exact) mass is 314 g/mol. The highest BCUT2D eigenvalue weighted by atomic mass is 32.2. The molecule has 1 aromatic carbocycles. The van der Waals surface area contributed by atoms with Crippen LogP contribution >= 0.6 is 0 Å². The van der Waals surface area contributed by atoms with E-state index in [1.165, 1.54) is 26.4 Å². The van der Waals surface area contributed by atoms with Gasteiger partial charge in [-0.1, -0.05) is 0 Å². The van der Waals surface area contributed by atoms with Crippen molar-refractivity contribution in [3.63, 3.8) is 0 Å². The van der Waals surface area contributed by atoms with Crippen molar-refractivity contribution in [2.75, 3.05) is 33.9 Å². The van der Waals surface area contributed by atoms with Crippen molar-refractivity contribution in [3.05, 3.63) is 18.2 Å². The molecule has 7 heteroatoms. The quantitative estimate of drug-likeness (QED) is 0.784. The minimum atomic E-state index is -3.55. The first-order valence-electron chi connectivity index (χ1n) is 6.98. The van der Waals surface area contributed by atoms with Crippen molar-refractivity contribution < 1.29 is 17.9 Å². The Balaban J connectivity index is 2.03. The largest absolute Gasteiger partial charge is 0.497 e. The van der Waals surface area contributed by atoms with Gasteiger partial charge in [0.25, 0.3) is 0 Å². The number of methoxy groups -OCH3 is 2. The average Bonchev–Trinajstić information content (AvgIpc) is 2.99. The van der Waals surface area contributed by atoms with Crippen LogP contribution in [0.2, 0.25) is 0 Å². The number of sulfonamides is 1. The summed E-state index contributed by atoms with van der Waals surface area (Å²) in [6.07, 6.45) is 1.95. The molecular formula is C14H22N2O4S. The van der Waals surface area contributed by atoms with Crippen molar-refractivity contribution >= 4 is 10.0 Å². The van der Waals surface area contributed by atoms with Gasteiger partial charge in [0.2, 0.25) is 10.0 Å². The lowest BCUT2D eigenvalue weighted by Crippen LogP contribution is -2.26. The van der Waals surface area contributed by atoms with E-state index in [1.807, 2.05) is 0 Å². The highest BCUT2D eigenvalue weighted by molar-refractivity contribution is 7.89. The summed E-state index contributed by atoms with van der Waals surface area (Å²) < 4.78 is 37.4. The molecule has 0 saturated carbocycles. The topological polar surface area (TPSA) is 76.7 Å². The van der Waals surface area contributed by atoms with E-state index in [0.29, 0.717) is 24.0 Å². The predicted molar refractivity (Wildman–Crippen MR) is 80.3 cm³/mol. The van der Waals surface area contributed by atoms with Gasteiger partial charge in [-0.3, -0.25) is 0 Å². The highest BCUT2D eigenvalue weighted by Gasteiger charge is 2.19. The molecule has 1 aliphatic rings. The maximum Gasteiger partial charge on any atom is 0.240 e. The first-order valence-corrected chi connectivity index (χ1v) is 8.47. The van der Waals surface area contributed by atoms with E-state index in [0.717, 1.165) is 25.9 Å². The number of ether oxygens (including phenoxy) is 2. The maximum atomic E-state index is 12.3. The SMILES string of the molecule is COc1cc(OC)cc(S(=O)(=O)NCCC2CCNC2)c1. The highest BCUT2D eigenvalue weighted by Crippen LogP contribution is 2.25. The molecule has 0 bridgehead atoms. The van der Waals surface area contributed by atoms with Crippen LogP contribution in [0.25, 0.3) is 0 Å². The summed E-state index contributed by atoms with van der Waals surface area (Å²) in [6, 6.07) is 4.62. The van der Waals surface area contributed by atoms with Crippen LogP contribution in [-0.4, -0.2) is 42.3 Å². The molecule has 0 aliphatic carbocycles. The fourth-order valence-corrected chi connectivity index (χ4v) is 3.47. The van der Waals surface area contributed by atoms with Crippen molar-refractivity contribution in [1.82, 2.24) is 10.0 Å². The van der Waals surface area contributed by atoms with Crippen LogP contribution in [0.4, 0.5) is 0 Å². The van der Waals surface area contributed by atoms with E-state index in [9.17, 15) is 8.42 Å². The molecule has 21 heavy (non-hydrogen) atoms. The van der Waals surface area contributed by atoms with E-state index in [2.05, 4.69) is 10.0 Å². The summed E-state index contributed by atoms with van der Waals surface area (Å²) in [6.45, 7) is 2.42. The lowest BCUT2D eigenvalue weighted by molar-refractivity contribution is 0.392. The molecule has 1 unspecified atom stereocenters. The Labute approximate surface area is 125 Å². The van der Waals surface area contributed by atoms with E-state index < -0.39 is 10.0 Å². The van der Waals surface area contributed by atoms with Crippen molar-refractivity contribution in [2.24, 2.45) is 5.92 Å². The van der Waals surface area contributed by atoms with Gasteiger partial charge in [0, 0.05) is 24.7 Å². The van der Waals surface area contributed by atoms with Crippen molar-refractivity contribution in [1.29, 1.82) is 0 Å². The summed E-state index contributed by atoms with van der Waals surface area (Å²) in [5.41, 5.74) is 0. The molecule has 1 heterocycles. The summed E-state index contributed by atoms with van der Waals surface area (Å²) in [5, 5.41) is 3.27. The molecular weight excluding hydrogens is 292 g/mol. The van der Waals surface area contributed by atoms with Crippen molar-refractivity contribution in [2.45, 2.75) is 17.7 Å². The molecule has 1 saturated heterocycles. The number of hydrogen-bond donors (Lipinski definition) is 2. The van der Waals surface area contributed by atoms with E-state index in [1.54, 1.807) is 6.07 Å². The van der Waals surface area contributed by atoms with Gasteiger partial charge >= 0.3 is 0 Å². The van der Waals surface area contributed by atoms with Gasteiger partial charge in [-0.25, -0.2) is 13.1 Å². The van der Waals surface area contributed by atoms with Gasteiger partial charge in [-0.2, -0.15) is 0 Å². The van der Waals surface area contributed by atoms with Gasteiger partial charge in [-0.05, 0) is 31.8 Å². The van der Waals surface area contributed by atoms with Gasteiger partial charge in [0.1, 0.15) is 11.5 Å². The van der Waals surface area contributed by atoms with Gasteiger partial charge in [0.05, 0.1) is 19.1 Å². The second kappa shape index (κ2) is 7.11. The third kappa shape index (κ3) is 4.33. The molecule has 118 valence electrons. The first-order chi connectivity index (χ1) is 10.0. The summed E-state index contributed by atoms with van der Waals surface area (Å²) in [4.78, 5) is 0.156. The minimum absolute atomic E-state index is 0.156. The van der Waals surface area contributed by atoms with E-state index in [4.69, 9.17) is 9.47 Å². The van der Waals surface area contributed by atoms with Crippen LogP contribution < -0.4 is 19.5 Å². The minimum Gasteiger partial charge on any atom is -0.497 e. The molecule has 1 atom stereocenters. The third-order valence-electron chi connectivity index (χ3n) is 3.64. The smallest absolute Gasteiger partial charge is 0.240 e. The van der Waals surface area contributed by atoms with Crippen LogP contribution in [0.1, 0.15) is 12.8 Å². The van der Waals surface area contributed by atoms with Crippen molar-refractivity contribution in [3.8, 4) is 11.5 Å². The molecule has 0 aromatic heterocycles. The zero-order chi connectivity index (χ0) is 15.3. The fraction of sp³-hybridized carbons (Fsp3) is 0.571. The van der Waals surface area contributed by atoms with Gasteiger partial charge in [-0.15, -0.1) is 0 Å². The molecule has 0 amide bonds. The molecule has 0 radical (unpaired) electrons. The second-order valence-corrected chi connectivity index (χ2v) is 6.86. The Morgan fingerprint density at radius 3 is 2.43 bits per heavy atom. The van der Waals surface area contributed by atoms with Crippen LogP contribution in [0, 0.1) is 5.92 Å². The Morgan fingerprint density at radius 2 is 1.90 bits per heavy atom. The zero-order valence-electron chi connectivity index (χ0n) is 12.4. The number of hydrogen-bond acceptors (Lipinski definition) is 5. The summed E-state index contributed by atoms with van der Waals surface area (Å²) >= 11 is 0. The van der Waals surface area contributed by atoms with E-state index in [-0.39, 0.29) is 4.90 Å². The summed E-state index contributed by atoms with van der Waals surface area (Å²) in [7, 11) is -0.564. The Hall–Kier alpha value is -1.31. The molecule has 2 N–H and O–H groups in total. The Morgan fingerprint density at radius 1 is 1.24 bits per heavy atom. The number of benzene rings is 1. The lowest BCUT2D eigenvalue weighted by Gasteiger charge is -2.12. The fourth-order valence-electron chi connectivity index (χ4n) is 2.38. The average molecular weight is 314 g/mol. The van der Waals surface area contributed by atoms with Gasteiger partial charge < -0.3 is 14.8 Å². The molecule has 2 rings (SSSR count). The first kappa shape index (κ1) is 16.1. The van der Waals surface area contributed by atoms with Crippen LogP contribution in [0.5, 0.6) is 11.5 Å². The molecule has 1 aliphatic heterocycles. The Kier molecular flexibility index (Phi) is 5.44. The number of rotatable bonds is 7. The third-order valence-corrected chi connectivity index (χ3v) is 5.08. The summed E-state index contributed by atoms with van der Waals surface area (Å²) in [5.74, 6) is 1.46. The van der Waals surface area contributed by atoms with Crippen LogP contribution in [-0.2, 0) is 10.0 Å². The molecule has 1 fully saturated rings. The second-order valence-electron chi connectivity index (χ2n) is 5.09. The Bertz CT molecular complexity index is 546.